The minimum atomic E-state index is -1.01. The van der Waals surface area contributed by atoms with E-state index < -0.39 is 23.6 Å². The molecule has 0 aliphatic rings. The predicted octanol–water partition coefficient (Wildman–Crippen LogP) is 0.0753. The van der Waals surface area contributed by atoms with Crippen molar-refractivity contribution in [1.29, 1.82) is 0 Å². The molecule has 20 heavy (non-hydrogen) atoms. The van der Waals surface area contributed by atoms with Gasteiger partial charge in [-0.25, -0.2) is 4.39 Å². The minimum absolute atomic E-state index is 0.00787. The van der Waals surface area contributed by atoms with Crippen molar-refractivity contribution < 1.29 is 23.9 Å². The normalized spacial score (nSPS) is 9.85. The number of nitrogens with one attached hydrogen (secondary N) is 2. The van der Waals surface area contributed by atoms with Gasteiger partial charge in [0.25, 0.3) is 0 Å². The number of carboxylic acid groups (broad SMARTS) is 1. The van der Waals surface area contributed by atoms with E-state index in [0.717, 1.165) is 0 Å². The van der Waals surface area contributed by atoms with Crippen LogP contribution in [0.5, 0.6) is 0 Å². The lowest BCUT2D eigenvalue weighted by Crippen LogP contribution is -2.38. The number of amides is 2. The van der Waals surface area contributed by atoms with E-state index in [1.165, 1.54) is 18.2 Å². The molecule has 0 saturated carbocycles. The number of benzene rings is 1. The summed E-state index contributed by atoms with van der Waals surface area (Å²) in [5.74, 6) is -2.33. The van der Waals surface area contributed by atoms with Crippen LogP contribution in [0, 0.1) is 5.82 Å². The average molecular weight is 282 g/mol. The summed E-state index contributed by atoms with van der Waals surface area (Å²) < 4.78 is 12.9. The second-order valence-electron chi connectivity index (χ2n) is 4.08. The van der Waals surface area contributed by atoms with Gasteiger partial charge in [0, 0.05) is 6.54 Å². The molecule has 0 heterocycles. The SMILES string of the molecule is O=C(O)CCNC(=O)CNC(=O)Cc1cccc(F)c1. The van der Waals surface area contributed by atoms with Crippen LogP contribution in [0.2, 0.25) is 0 Å². The predicted molar refractivity (Wildman–Crippen MR) is 68.4 cm³/mol. The summed E-state index contributed by atoms with van der Waals surface area (Å²) in [5, 5.41) is 13.1. The van der Waals surface area contributed by atoms with Gasteiger partial charge in [0.15, 0.2) is 0 Å². The molecule has 0 saturated heterocycles. The highest BCUT2D eigenvalue weighted by molar-refractivity contribution is 5.85. The molecule has 1 aromatic carbocycles. The first-order valence-corrected chi connectivity index (χ1v) is 5.97. The van der Waals surface area contributed by atoms with Crippen LogP contribution >= 0.6 is 0 Å². The van der Waals surface area contributed by atoms with Gasteiger partial charge in [-0.15, -0.1) is 0 Å². The molecule has 108 valence electrons. The van der Waals surface area contributed by atoms with E-state index in [1.807, 2.05) is 0 Å². The standard InChI is InChI=1S/C13H15FN2O4/c14-10-3-1-2-9(6-10)7-11(17)16-8-12(18)15-5-4-13(19)20/h1-3,6H,4-5,7-8H2,(H,15,18)(H,16,17)(H,19,20). The van der Waals surface area contributed by atoms with Gasteiger partial charge in [-0.3, -0.25) is 14.4 Å². The fourth-order valence-electron chi connectivity index (χ4n) is 1.45. The molecule has 0 aromatic heterocycles. The number of carbonyl (C=O) groups is 3. The van der Waals surface area contributed by atoms with Gasteiger partial charge in [0.1, 0.15) is 5.82 Å². The highest BCUT2D eigenvalue weighted by Crippen LogP contribution is 2.03. The number of hydrogen-bond donors (Lipinski definition) is 3. The van der Waals surface area contributed by atoms with E-state index in [2.05, 4.69) is 10.6 Å². The van der Waals surface area contributed by atoms with Crippen molar-refractivity contribution in [2.75, 3.05) is 13.1 Å². The van der Waals surface area contributed by atoms with Crippen LogP contribution in [0.3, 0.4) is 0 Å². The Morgan fingerprint density at radius 3 is 2.55 bits per heavy atom. The number of carboxylic acids is 1. The zero-order chi connectivity index (χ0) is 15.0. The molecule has 0 fully saturated rings. The average Bonchev–Trinajstić information content (AvgIpc) is 2.36. The van der Waals surface area contributed by atoms with Crippen LogP contribution in [0.15, 0.2) is 24.3 Å². The number of rotatable bonds is 7. The van der Waals surface area contributed by atoms with E-state index in [4.69, 9.17) is 5.11 Å². The monoisotopic (exact) mass is 282 g/mol. The molecule has 6 nitrogen and oxygen atoms in total. The van der Waals surface area contributed by atoms with Crippen LogP contribution in [-0.4, -0.2) is 36.0 Å². The second-order valence-corrected chi connectivity index (χ2v) is 4.08. The molecular weight excluding hydrogens is 267 g/mol. The lowest BCUT2D eigenvalue weighted by Gasteiger charge is -2.06. The Kier molecular flexibility index (Phi) is 6.15. The molecule has 0 bridgehead atoms. The number of carbonyl (C=O) groups excluding carboxylic acids is 2. The Balaban J connectivity index is 2.26. The quantitative estimate of drug-likeness (QED) is 0.659. The van der Waals surface area contributed by atoms with Crippen LogP contribution < -0.4 is 10.6 Å². The van der Waals surface area contributed by atoms with Crippen molar-refractivity contribution in [2.24, 2.45) is 0 Å². The Morgan fingerprint density at radius 2 is 1.90 bits per heavy atom. The van der Waals surface area contributed by atoms with Crippen molar-refractivity contribution in [3.8, 4) is 0 Å². The van der Waals surface area contributed by atoms with E-state index in [-0.39, 0.29) is 25.9 Å². The smallest absolute Gasteiger partial charge is 0.305 e. The number of halogens is 1. The summed E-state index contributed by atoms with van der Waals surface area (Å²) in [6.45, 7) is -0.234. The van der Waals surface area contributed by atoms with Crippen molar-refractivity contribution in [3.05, 3.63) is 35.6 Å². The third-order valence-electron chi connectivity index (χ3n) is 2.36. The summed E-state index contributed by atoms with van der Waals surface area (Å²) >= 11 is 0. The number of hydrogen-bond acceptors (Lipinski definition) is 3. The van der Waals surface area contributed by atoms with Crippen LogP contribution in [0.4, 0.5) is 4.39 Å². The molecule has 1 rings (SSSR count). The first-order valence-electron chi connectivity index (χ1n) is 5.97. The van der Waals surface area contributed by atoms with Gasteiger partial charge in [0.05, 0.1) is 19.4 Å². The number of aliphatic carboxylic acids is 1. The highest BCUT2D eigenvalue weighted by Gasteiger charge is 2.07. The van der Waals surface area contributed by atoms with E-state index in [9.17, 15) is 18.8 Å². The zero-order valence-electron chi connectivity index (χ0n) is 10.7. The van der Waals surface area contributed by atoms with Crippen molar-refractivity contribution in [1.82, 2.24) is 10.6 Å². The van der Waals surface area contributed by atoms with Gasteiger partial charge >= 0.3 is 5.97 Å². The Hall–Kier alpha value is -2.44. The molecule has 2 amide bonds. The Bertz CT molecular complexity index is 505. The summed E-state index contributed by atoms with van der Waals surface area (Å²) in [6, 6.07) is 5.62. The molecule has 0 unspecified atom stereocenters. The first kappa shape index (κ1) is 15.6. The van der Waals surface area contributed by atoms with Crippen LogP contribution in [-0.2, 0) is 20.8 Å². The summed E-state index contributed by atoms with van der Waals surface area (Å²) in [6.07, 6.45) is -0.205. The van der Waals surface area contributed by atoms with Crippen LogP contribution in [0.1, 0.15) is 12.0 Å². The topological polar surface area (TPSA) is 95.5 Å². The summed E-state index contributed by atoms with van der Waals surface area (Å²) in [5.41, 5.74) is 0.508. The fourth-order valence-corrected chi connectivity index (χ4v) is 1.45. The molecule has 0 radical (unpaired) electrons. The van der Waals surface area contributed by atoms with E-state index in [0.29, 0.717) is 5.56 Å². The van der Waals surface area contributed by atoms with Gasteiger partial charge in [-0.2, -0.15) is 0 Å². The molecule has 1 aromatic rings. The molecule has 0 aliphatic carbocycles. The van der Waals surface area contributed by atoms with Gasteiger partial charge in [0.2, 0.25) is 11.8 Å². The van der Waals surface area contributed by atoms with Gasteiger partial charge < -0.3 is 15.7 Å². The first-order chi connectivity index (χ1) is 9.47. The molecule has 3 N–H and O–H groups in total. The lowest BCUT2D eigenvalue weighted by molar-refractivity contribution is -0.137. The zero-order valence-corrected chi connectivity index (χ0v) is 10.7. The van der Waals surface area contributed by atoms with Gasteiger partial charge in [-0.1, -0.05) is 12.1 Å². The molecular formula is C13H15FN2O4. The minimum Gasteiger partial charge on any atom is -0.481 e. The maximum Gasteiger partial charge on any atom is 0.305 e. The second kappa shape index (κ2) is 7.88. The Morgan fingerprint density at radius 1 is 1.15 bits per heavy atom. The largest absolute Gasteiger partial charge is 0.481 e. The Labute approximate surface area is 115 Å². The molecule has 0 atom stereocenters. The highest BCUT2D eigenvalue weighted by atomic mass is 19.1. The fraction of sp³-hybridized carbons (Fsp3) is 0.308. The molecule has 7 heteroatoms. The maximum atomic E-state index is 12.9. The van der Waals surface area contributed by atoms with E-state index >= 15 is 0 Å². The van der Waals surface area contributed by atoms with Crippen LogP contribution in [0.25, 0.3) is 0 Å². The van der Waals surface area contributed by atoms with Crippen molar-refractivity contribution >= 4 is 17.8 Å². The maximum absolute atomic E-state index is 12.9. The van der Waals surface area contributed by atoms with Crippen molar-refractivity contribution in [2.45, 2.75) is 12.8 Å². The summed E-state index contributed by atoms with van der Waals surface area (Å²) in [4.78, 5) is 33.0. The third-order valence-corrected chi connectivity index (χ3v) is 2.36. The van der Waals surface area contributed by atoms with Gasteiger partial charge in [-0.05, 0) is 17.7 Å². The molecule has 0 aliphatic heterocycles. The van der Waals surface area contributed by atoms with Crippen molar-refractivity contribution in [3.63, 3.8) is 0 Å². The lowest BCUT2D eigenvalue weighted by atomic mass is 10.1. The van der Waals surface area contributed by atoms with E-state index in [1.54, 1.807) is 6.07 Å². The summed E-state index contributed by atoms with van der Waals surface area (Å²) in [7, 11) is 0. The molecule has 0 spiro atoms. The third kappa shape index (κ3) is 6.48.